The van der Waals surface area contributed by atoms with Crippen LogP contribution in [0.25, 0.3) is 21.2 Å². The summed E-state index contributed by atoms with van der Waals surface area (Å²) < 4.78 is 0. The highest BCUT2D eigenvalue weighted by Crippen LogP contribution is 2.31. The summed E-state index contributed by atoms with van der Waals surface area (Å²) in [5.74, 6) is 0.179. The van der Waals surface area contributed by atoms with Gasteiger partial charge in [-0.1, -0.05) is 66.7 Å². The number of hydrogen-bond acceptors (Lipinski definition) is 2. The van der Waals surface area contributed by atoms with E-state index in [0.717, 1.165) is 20.9 Å². The predicted octanol–water partition coefficient (Wildman–Crippen LogP) is 5.99. The van der Waals surface area contributed by atoms with Crippen LogP contribution in [0.2, 0.25) is 0 Å². The lowest BCUT2D eigenvalue weighted by molar-refractivity contribution is 0.0997. The minimum Gasteiger partial charge on any atom is -0.293 e. The van der Waals surface area contributed by atoms with Crippen LogP contribution in [-0.2, 0) is 6.42 Å². The fourth-order valence-corrected chi connectivity index (χ4v) is 3.79. The number of fused-ring (bicyclic) bond motifs is 1. The van der Waals surface area contributed by atoms with Gasteiger partial charge in [0.2, 0.25) is 0 Å². The summed E-state index contributed by atoms with van der Waals surface area (Å²) >= 11 is 1.57. The van der Waals surface area contributed by atoms with Gasteiger partial charge in [0, 0.05) is 11.3 Å². The molecular weight excluding hydrogens is 312 g/mol. The molecule has 4 rings (SSSR count). The van der Waals surface area contributed by atoms with Crippen LogP contribution in [0.5, 0.6) is 0 Å². The van der Waals surface area contributed by atoms with Gasteiger partial charge in [-0.15, -0.1) is 11.3 Å². The van der Waals surface area contributed by atoms with Crippen molar-refractivity contribution >= 4 is 27.9 Å². The monoisotopic (exact) mass is 328 g/mol. The molecule has 2 heteroatoms. The molecular formula is C22H16OS. The predicted molar refractivity (Wildman–Crippen MR) is 102 cm³/mol. The maximum Gasteiger partial charge on any atom is 0.177 e. The van der Waals surface area contributed by atoms with Gasteiger partial charge in [0.25, 0.3) is 0 Å². The van der Waals surface area contributed by atoms with Crippen molar-refractivity contribution in [2.45, 2.75) is 6.42 Å². The molecule has 1 nitrogen and oxygen atoms in total. The molecule has 4 aromatic rings. The van der Waals surface area contributed by atoms with Gasteiger partial charge < -0.3 is 0 Å². The van der Waals surface area contributed by atoms with E-state index in [1.807, 2.05) is 48.5 Å². The summed E-state index contributed by atoms with van der Waals surface area (Å²) in [5, 5.41) is 2.46. The molecule has 3 aromatic carbocycles. The Morgan fingerprint density at radius 3 is 2.33 bits per heavy atom. The van der Waals surface area contributed by atoms with Crippen molar-refractivity contribution in [1.82, 2.24) is 0 Å². The highest BCUT2D eigenvalue weighted by Gasteiger charge is 2.11. The number of benzene rings is 3. The van der Waals surface area contributed by atoms with Crippen LogP contribution in [0.1, 0.15) is 15.2 Å². The van der Waals surface area contributed by atoms with E-state index in [-0.39, 0.29) is 5.78 Å². The summed E-state index contributed by atoms with van der Waals surface area (Å²) in [5.41, 5.74) is 2.22. The summed E-state index contributed by atoms with van der Waals surface area (Å²) in [6.07, 6.45) is 0.457. The summed E-state index contributed by atoms with van der Waals surface area (Å²) in [7, 11) is 0. The van der Waals surface area contributed by atoms with E-state index in [9.17, 15) is 4.79 Å². The first-order valence-electron chi connectivity index (χ1n) is 7.96. The molecule has 1 heterocycles. The average molecular weight is 328 g/mol. The van der Waals surface area contributed by atoms with E-state index in [1.165, 1.54) is 10.8 Å². The fourth-order valence-electron chi connectivity index (χ4n) is 2.85. The third-order valence-corrected chi connectivity index (χ3v) is 5.30. The van der Waals surface area contributed by atoms with Crippen molar-refractivity contribution in [3.05, 3.63) is 95.4 Å². The largest absolute Gasteiger partial charge is 0.293 e. The van der Waals surface area contributed by atoms with Gasteiger partial charge in [0.15, 0.2) is 5.78 Å². The van der Waals surface area contributed by atoms with Gasteiger partial charge in [-0.05, 0) is 40.1 Å². The Balaban J connectivity index is 1.60. The van der Waals surface area contributed by atoms with Crippen LogP contribution in [0.3, 0.4) is 0 Å². The molecule has 0 aliphatic rings. The van der Waals surface area contributed by atoms with Gasteiger partial charge >= 0.3 is 0 Å². The van der Waals surface area contributed by atoms with Gasteiger partial charge in [-0.2, -0.15) is 0 Å². The number of ketones is 1. The quantitative estimate of drug-likeness (QED) is 0.420. The van der Waals surface area contributed by atoms with E-state index >= 15 is 0 Å². The SMILES string of the molecule is O=C(Cc1ccccc1)c1ccc(-c2ccc3ccccc3c2)s1. The highest BCUT2D eigenvalue weighted by atomic mass is 32.1. The first-order chi connectivity index (χ1) is 11.8. The zero-order valence-corrected chi connectivity index (χ0v) is 13.9. The van der Waals surface area contributed by atoms with Crippen molar-refractivity contribution in [2.24, 2.45) is 0 Å². The summed E-state index contributed by atoms with van der Waals surface area (Å²) in [4.78, 5) is 14.4. The Morgan fingerprint density at radius 2 is 1.50 bits per heavy atom. The third kappa shape index (κ3) is 3.01. The molecule has 0 spiro atoms. The molecule has 0 N–H and O–H groups in total. The van der Waals surface area contributed by atoms with Gasteiger partial charge in [0.05, 0.1) is 4.88 Å². The second-order valence-corrected chi connectivity index (χ2v) is 6.90. The molecule has 0 radical (unpaired) electrons. The summed E-state index contributed by atoms with van der Waals surface area (Å²) in [6, 6.07) is 28.7. The number of carbonyl (C=O) groups excluding carboxylic acids is 1. The highest BCUT2D eigenvalue weighted by molar-refractivity contribution is 7.17. The van der Waals surface area contributed by atoms with Crippen LogP contribution in [0.15, 0.2) is 84.9 Å². The number of hydrogen-bond donors (Lipinski definition) is 0. The van der Waals surface area contributed by atoms with Crippen molar-refractivity contribution < 1.29 is 4.79 Å². The molecule has 0 unspecified atom stereocenters. The normalized spacial score (nSPS) is 10.8. The van der Waals surface area contributed by atoms with E-state index in [2.05, 4.69) is 36.4 Å². The van der Waals surface area contributed by atoms with Crippen LogP contribution in [0, 0.1) is 0 Å². The van der Waals surface area contributed by atoms with E-state index in [1.54, 1.807) is 11.3 Å². The van der Waals surface area contributed by atoms with Gasteiger partial charge in [-0.3, -0.25) is 4.79 Å². The lowest BCUT2D eigenvalue weighted by Gasteiger charge is -2.01. The molecule has 0 aliphatic carbocycles. The molecule has 0 saturated carbocycles. The molecule has 0 saturated heterocycles. The second-order valence-electron chi connectivity index (χ2n) is 5.81. The zero-order chi connectivity index (χ0) is 16.4. The second kappa shape index (κ2) is 6.42. The van der Waals surface area contributed by atoms with E-state index in [0.29, 0.717) is 6.42 Å². The Morgan fingerprint density at radius 1 is 0.750 bits per heavy atom. The van der Waals surface area contributed by atoms with E-state index < -0.39 is 0 Å². The van der Waals surface area contributed by atoms with Gasteiger partial charge in [0.1, 0.15) is 0 Å². The average Bonchev–Trinajstić information content (AvgIpc) is 3.12. The topological polar surface area (TPSA) is 17.1 Å². The van der Waals surface area contributed by atoms with Crippen molar-refractivity contribution in [3.8, 4) is 10.4 Å². The first-order valence-corrected chi connectivity index (χ1v) is 8.77. The molecule has 0 amide bonds. The smallest absolute Gasteiger partial charge is 0.177 e. The first kappa shape index (κ1) is 14.9. The minimum atomic E-state index is 0.179. The Hall–Kier alpha value is -2.71. The minimum absolute atomic E-state index is 0.179. The van der Waals surface area contributed by atoms with Crippen LogP contribution >= 0.6 is 11.3 Å². The van der Waals surface area contributed by atoms with Crippen molar-refractivity contribution in [1.29, 1.82) is 0 Å². The fraction of sp³-hybridized carbons (Fsp3) is 0.0455. The van der Waals surface area contributed by atoms with Gasteiger partial charge in [-0.25, -0.2) is 0 Å². The number of Topliss-reactive ketones (excluding diaryl/α,β-unsaturated/α-hetero) is 1. The Bertz CT molecular complexity index is 999. The van der Waals surface area contributed by atoms with Crippen molar-refractivity contribution in [2.75, 3.05) is 0 Å². The van der Waals surface area contributed by atoms with Crippen LogP contribution in [0.4, 0.5) is 0 Å². The molecule has 0 atom stereocenters. The lowest BCUT2D eigenvalue weighted by Crippen LogP contribution is -2.00. The Labute approximate surface area is 145 Å². The molecule has 0 bridgehead atoms. The zero-order valence-electron chi connectivity index (χ0n) is 13.1. The molecule has 24 heavy (non-hydrogen) atoms. The van der Waals surface area contributed by atoms with Crippen LogP contribution in [-0.4, -0.2) is 5.78 Å². The third-order valence-electron chi connectivity index (χ3n) is 4.12. The maximum absolute atomic E-state index is 12.5. The Kier molecular flexibility index (Phi) is 3.97. The van der Waals surface area contributed by atoms with Crippen LogP contribution < -0.4 is 0 Å². The number of rotatable bonds is 4. The molecule has 0 fully saturated rings. The lowest BCUT2D eigenvalue weighted by atomic mass is 10.1. The van der Waals surface area contributed by atoms with E-state index in [4.69, 9.17) is 0 Å². The molecule has 0 aliphatic heterocycles. The standard InChI is InChI=1S/C22H16OS/c23-20(14-16-6-2-1-3-7-16)22-13-12-21(24-22)19-11-10-17-8-4-5-9-18(17)15-19/h1-13,15H,14H2. The number of thiophene rings is 1. The number of carbonyl (C=O) groups is 1. The maximum atomic E-state index is 12.5. The molecule has 116 valence electrons. The molecule has 1 aromatic heterocycles. The summed E-state index contributed by atoms with van der Waals surface area (Å²) in [6.45, 7) is 0. The van der Waals surface area contributed by atoms with Crippen molar-refractivity contribution in [3.63, 3.8) is 0 Å².